The van der Waals surface area contributed by atoms with Crippen molar-refractivity contribution in [1.82, 2.24) is 25.5 Å². The van der Waals surface area contributed by atoms with Gasteiger partial charge in [-0.25, -0.2) is 0 Å². The average Bonchev–Trinajstić information content (AvgIpc) is 3.15. The molecular formula is C22H21N5O. The maximum absolute atomic E-state index is 12.4. The summed E-state index contributed by atoms with van der Waals surface area (Å²) in [5, 5.41) is 17.8. The molecule has 0 aliphatic heterocycles. The highest BCUT2D eigenvalue weighted by molar-refractivity contribution is 5.83. The lowest BCUT2D eigenvalue weighted by Crippen LogP contribution is -2.30. The van der Waals surface area contributed by atoms with Crippen molar-refractivity contribution in [3.05, 3.63) is 77.9 Å². The van der Waals surface area contributed by atoms with Crippen molar-refractivity contribution in [2.75, 3.05) is 0 Å². The zero-order chi connectivity index (χ0) is 19.5. The number of amides is 1. The standard InChI is InChI=1S/C22H21N5O/c1-15-7-3-6-10-20(15)22-24-26-27(25-22)14-21(28)23-16(2)18-12-11-17-8-4-5-9-19(17)13-18/h3-13,16H,14H2,1-2H3,(H,23,28). The second-order valence-electron chi connectivity index (χ2n) is 6.85. The van der Waals surface area contributed by atoms with Crippen LogP contribution >= 0.6 is 0 Å². The summed E-state index contributed by atoms with van der Waals surface area (Å²) in [5.74, 6) is 0.364. The third kappa shape index (κ3) is 3.76. The smallest absolute Gasteiger partial charge is 0.244 e. The van der Waals surface area contributed by atoms with Gasteiger partial charge < -0.3 is 5.32 Å². The number of nitrogens with one attached hydrogen (secondary N) is 1. The minimum atomic E-state index is -0.158. The first-order valence-electron chi connectivity index (χ1n) is 9.22. The molecule has 140 valence electrons. The van der Waals surface area contributed by atoms with Crippen LogP contribution in [0.5, 0.6) is 0 Å². The van der Waals surface area contributed by atoms with Gasteiger partial charge in [-0.15, -0.1) is 10.2 Å². The Kier molecular flexibility index (Phi) is 4.85. The summed E-state index contributed by atoms with van der Waals surface area (Å²) in [4.78, 5) is 13.8. The highest BCUT2D eigenvalue weighted by atomic mass is 16.2. The lowest BCUT2D eigenvalue weighted by atomic mass is 10.0. The normalized spacial score (nSPS) is 12.1. The van der Waals surface area contributed by atoms with E-state index in [1.165, 1.54) is 10.2 Å². The first-order chi connectivity index (χ1) is 13.6. The van der Waals surface area contributed by atoms with Crippen molar-refractivity contribution in [2.24, 2.45) is 0 Å². The number of carbonyl (C=O) groups is 1. The van der Waals surface area contributed by atoms with Gasteiger partial charge in [-0.3, -0.25) is 4.79 Å². The molecule has 0 bridgehead atoms. The van der Waals surface area contributed by atoms with Gasteiger partial charge in [0.05, 0.1) is 6.04 Å². The molecule has 0 radical (unpaired) electrons. The van der Waals surface area contributed by atoms with Crippen LogP contribution in [0.15, 0.2) is 66.7 Å². The number of hydrogen-bond donors (Lipinski definition) is 1. The molecule has 0 aliphatic carbocycles. The summed E-state index contributed by atoms with van der Waals surface area (Å²) in [6.45, 7) is 3.99. The molecule has 6 nitrogen and oxygen atoms in total. The zero-order valence-corrected chi connectivity index (χ0v) is 15.8. The molecule has 0 spiro atoms. The molecule has 28 heavy (non-hydrogen) atoms. The molecule has 1 N–H and O–H groups in total. The molecule has 0 fully saturated rings. The number of tetrazole rings is 1. The predicted molar refractivity (Wildman–Crippen MR) is 108 cm³/mol. The molecule has 4 rings (SSSR count). The van der Waals surface area contributed by atoms with E-state index in [4.69, 9.17) is 0 Å². The van der Waals surface area contributed by atoms with Crippen molar-refractivity contribution in [1.29, 1.82) is 0 Å². The van der Waals surface area contributed by atoms with Crippen LogP contribution in [0.1, 0.15) is 24.1 Å². The number of benzene rings is 3. The molecule has 6 heteroatoms. The highest BCUT2D eigenvalue weighted by Crippen LogP contribution is 2.20. The zero-order valence-electron chi connectivity index (χ0n) is 15.8. The summed E-state index contributed by atoms with van der Waals surface area (Å²) in [6.07, 6.45) is 0. The van der Waals surface area contributed by atoms with Crippen LogP contribution < -0.4 is 5.32 Å². The monoisotopic (exact) mass is 371 g/mol. The van der Waals surface area contributed by atoms with Crippen molar-refractivity contribution in [3.63, 3.8) is 0 Å². The number of aromatic nitrogens is 4. The minimum Gasteiger partial charge on any atom is -0.348 e. The Hall–Kier alpha value is -3.54. The molecule has 1 atom stereocenters. The molecular weight excluding hydrogens is 350 g/mol. The van der Waals surface area contributed by atoms with Crippen LogP contribution in [0.2, 0.25) is 0 Å². The lowest BCUT2D eigenvalue weighted by molar-refractivity contribution is -0.122. The van der Waals surface area contributed by atoms with Crippen LogP contribution in [0, 0.1) is 6.92 Å². The van der Waals surface area contributed by atoms with Gasteiger partial charge in [0.15, 0.2) is 0 Å². The molecule has 1 unspecified atom stereocenters. The molecule has 0 aliphatic rings. The van der Waals surface area contributed by atoms with E-state index in [-0.39, 0.29) is 18.5 Å². The van der Waals surface area contributed by atoms with Crippen molar-refractivity contribution >= 4 is 16.7 Å². The summed E-state index contributed by atoms with van der Waals surface area (Å²) in [6, 6.07) is 22.1. The van der Waals surface area contributed by atoms with Crippen molar-refractivity contribution in [2.45, 2.75) is 26.4 Å². The number of rotatable bonds is 5. The Balaban J connectivity index is 1.43. The van der Waals surface area contributed by atoms with E-state index in [9.17, 15) is 4.79 Å². The lowest BCUT2D eigenvalue weighted by Gasteiger charge is -2.14. The molecule has 0 saturated heterocycles. The fourth-order valence-electron chi connectivity index (χ4n) is 3.22. The van der Waals surface area contributed by atoms with Gasteiger partial charge in [0.1, 0.15) is 6.54 Å². The van der Waals surface area contributed by atoms with Gasteiger partial charge in [-0.2, -0.15) is 4.80 Å². The van der Waals surface area contributed by atoms with E-state index in [2.05, 4.69) is 45.0 Å². The topological polar surface area (TPSA) is 72.7 Å². The van der Waals surface area contributed by atoms with Crippen LogP contribution in [0.3, 0.4) is 0 Å². The van der Waals surface area contributed by atoms with Gasteiger partial charge >= 0.3 is 0 Å². The maximum atomic E-state index is 12.4. The van der Waals surface area contributed by atoms with Gasteiger partial charge in [0.25, 0.3) is 0 Å². The van der Waals surface area contributed by atoms with E-state index in [1.54, 1.807) is 0 Å². The second kappa shape index (κ2) is 7.60. The summed E-state index contributed by atoms with van der Waals surface area (Å²) < 4.78 is 0. The first kappa shape index (κ1) is 17.9. The Bertz CT molecular complexity index is 1130. The van der Waals surface area contributed by atoms with E-state index >= 15 is 0 Å². The molecule has 3 aromatic carbocycles. The summed E-state index contributed by atoms with van der Waals surface area (Å²) in [7, 11) is 0. The quantitative estimate of drug-likeness (QED) is 0.581. The Labute approximate surface area is 163 Å². The molecule has 1 heterocycles. The van der Waals surface area contributed by atoms with E-state index < -0.39 is 0 Å². The fourth-order valence-corrected chi connectivity index (χ4v) is 3.22. The number of aryl methyl sites for hydroxylation is 1. The largest absolute Gasteiger partial charge is 0.348 e. The van der Waals surface area contributed by atoms with Crippen LogP contribution in [-0.2, 0) is 11.3 Å². The summed E-state index contributed by atoms with van der Waals surface area (Å²) in [5.41, 5.74) is 3.04. The SMILES string of the molecule is Cc1ccccc1-c1nnn(CC(=O)NC(C)c2ccc3ccccc3c2)n1. The second-order valence-corrected chi connectivity index (χ2v) is 6.85. The predicted octanol–water partition coefficient (Wildman–Crippen LogP) is 3.68. The van der Waals surface area contributed by atoms with Crippen LogP contribution in [0.25, 0.3) is 22.2 Å². The highest BCUT2D eigenvalue weighted by Gasteiger charge is 2.13. The number of carbonyl (C=O) groups excluding carboxylic acids is 1. The van der Waals surface area contributed by atoms with Crippen LogP contribution in [-0.4, -0.2) is 26.1 Å². The van der Waals surface area contributed by atoms with Gasteiger partial charge in [0.2, 0.25) is 11.7 Å². The van der Waals surface area contributed by atoms with Gasteiger partial charge in [-0.05, 0) is 47.0 Å². The van der Waals surface area contributed by atoms with E-state index in [0.29, 0.717) is 5.82 Å². The fraction of sp³-hybridized carbons (Fsp3) is 0.182. The maximum Gasteiger partial charge on any atom is 0.244 e. The molecule has 1 aromatic heterocycles. The Morgan fingerprint density at radius 1 is 1.04 bits per heavy atom. The number of nitrogens with zero attached hydrogens (tertiary/aromatic N) is 4. The van der Waals surface area contributed by atoms with Gasteiger partial charge in [0, 0.05) is 5.56 Å². The molecule has 0 saturated carbocycles. The third-order valence-electron chi connectivity index (χ3n) is 4.77. The molecule has 1 amide bonds. The summed E-state index contributed by atoms with van der Waals surface area (Å²) >= 11 is 0. The third-order valence-corrected chi connectivity index (χ3v) is 4.77. The Morgan fingerprint density at radius 3 is 2.61 bits per heavy atom. The van der Waals surface area contributed by atoms with Crippen LogP contribution in [0.4, 0.5) is 0 Å². The average molecular weight is 371 g/mol. The molecule has 4 aromatic rings. The van der Waals surface area contributed by atoms with Crippen molar-refractivity contribution < 1.29 is 4.79 Å². The first-order valence-corrected chi connectivity index (χ1v) is 9.22. The van der Waals surface area contributed by atoms with E-state index in [1.807, 2.05) is 56.3 Å². The van der Waals surface area contributed by atoms with Gasteiger partial charge in [-0.1, -0.05) is 60.7 Å². The minimum absolute atomic E-state index is 0.0246. The van der Waals surface area contributed by atoms with Crippen molar-refractivity contribution in [3.8, 4) is 11.4 Å². The number of hydrogen-bond acceptors (Lipinski definition) is 4. The number of fused-ring (bicyclic) bond motifs is 1. The van der Waals surface area contributed by atoms with E-state index in [0.717, 1.165) is 22.1 Å². The Morgan fingerprint density at radius 2 is 1.79 bits per heavy atom.